The molecule has 0 bridgehead atoms. The maximum atomic E-state index is 15.0. The monoisotopic (exact) mass is 490 g/mol. The van der Waals surface area contributed by atoms with Crippen molar-refractivity contribution >= 4 is 28.2 Å². The summed E-state index contributed by atoms with van der Waals surface area (Å²) in [6.07, 6.45) is 0.965. The van der Waals surface area contributed by atoms with Crippen molar-refractivity contribution in [2.75, 3.05) is 5.32 Å². The molecule has 0 amide bonds. The summed E-state index contributed by atoms with van der Waals surface area (Å²) in [7, 11) is 0. The normalized spacial score (nSPS) is 12.9. The Balaban J connectivity index is 1.83. The first-order valence-corrected chi connectivity index (χ1v) is 10.6. The van der Waals surface area contributed by atoms with E-state index in [1.165, 1.54) is 56.6 Å². The SMILES string of the molecule is CC(C)(O)c1ncc(-c2cc(F)c3ncc(Cl)c(NC(c4ccccc4F)C(F)F)c3c2)cn1. The lowest BCUT2D eigenvalue weighted by molar-refractivity contribution is 0.0687. The minimum atomic E-state index is -2.99. The number of hydrogen-bond acceptors (Lipinski definition) is 5. The van der Waals surface area contributed by atoms with Crippen molar-refractivity contribution in [1.29, 1.82) is 0 Å². The minimum Gasteiger partial charge on any atom is -0.382 e. The second-order valence-corrected chi connectivity index (χ2v) is 8.57. The van der Waals surface area contributed by atoms with Crippen molar-refractivity contribution in [1.82, 2.24) is 15.0 Å². The van der Waals surface area contributed by atoms with E-state index in [1.54, 1.807) is 0 Å². The first kappa shape index (κ1) is 23.8. The molecular formula is C24H19ClF4N4O. The number of aromatic nitrogens is 3. The van der Waals surface area contributed by atoms with Crippen molar-refractivity contribution in [3.8, 4) is 11.1 Å². The van der Waals surface area contributed by atoms with Crippen LogP contribution in [0, 0.1) is 11.6 Å². The lowest BCUT2D eigenvalue weighted by atomic mass is 10.0. The van der Waals surface area contributed by atoms with Crippen LogP contribution in [0.4, 0.5) is 23.2 Å². The summed E-state index contributed by atoms with van der Waals surface area (Å²) in [4.78, 5) is 12.2. The van der Waals surface area contributed by atoms with E-state index < -0.39 is 29.7 Å². The van der Waals surface area contributed by atoms with Gasteiger partial charge < -0.3 is 10.4 Å². The van der Waals surface area contributed by atoms with Crippen molar-refractivity contribution in [3.05, 3.63) is 83.0 Å². The van der Waals surface area contributed by atoms with Gasteiger partial charge in [-0.15, -0.1) is 0 Å². The summed E-state index contributed by atoms with van der Waals surface area (Å²) in [5, 5.41) is 12.7. The van der Waals surface area contributed by atoms with Gasteiger partial charge in [-0.1, -0.05) is 29.8 Å². The van der Waals surface area contributed by atoms with Gasteiger partial charge in [0.1, 0.15) is 28.8 Å². The minimum absolute atomic E-state index is 0.0185. The summed E-state index contributed by atoms with van der Waals surface area (Å²) in [5.74, 6) is -1.36. The molecule has 0 spiro atoms. The van der Waals surface area contributed by atoms with Gasteiger partial charge in [-0.3, -0.25) is 4.98 Å². The highest BCUT2D eigenvalue weighted by Crippen LogP contribution is 2.38. The maximum absolute atomic E-state index is 15.0. The molecule has 0 radical (unpaired) electrons. The van der Waals surface area contributed by atoms with Gasteiger partial charge in [-0.05, 0) is 37.6 Å². The van der Waals surface area contributed by atoms with Crippen molar-refractivity contribution in [3.63, 3.8) is 0 Å². The molecule has 5 nitrogen and oxygen atoms in total. The largest absolute Gasteiger partial charge is 0.382 e. The quantitative estimate of drug-likeness (QED) is 0.312. The van der Waals surface area contributed by atoms with E-state index in [1.807, 2.05) is 0 Å². The number of alkyl halides is 2. The van der Waals surface area contributed by atoms with Crippen LogP contribution in [0.3, 0.4) is 0 Å². The lowest BCUT2D eigenvalue weighted by Gasteiger charge is -2.22. The van der Waals surface area contributed by atoms with E-state index in [2.05, 4.69) is 20.3 Å². The molecule has 0 aliphatic rings. The molecule has 1 atom stereocenters. The molecule has 2 N–H and O–H groups in total. The Hall–Kier alpha value is -3.30. The third-order valence-electron chi connectivity index (χ3n) is 5.20. The highest BCUT2D eigenvalue weighted by molar-refractivity contribution is 6.34. The number of nitrogens with zero attached hydrogens (tertiary/aromatic N) is 3. The molecule has 2 aromatic carbocycles. The first-order chi connectivity index (χ1) is 16.1. The average molecular weight is 491 g/mol. The zero-order valence-electron chi connectivity index (χ0n) is 18.0. The molecule has 176 valence electrons. The van der Waals surface area contributed by atoms with Gasteiger partial charge in [0.05, 0.1) is 10.7 Å². The Morgan fingerprint density at radius 3 is 2.24 bits per heavy atom. The molecule has 4 rings (SSSR count). The predicted octanol–water partition coefficient (Wildman–Crippen LogP) is 6.27. The van der Waals surface area contributed by atoms with E-state index in [4.69, 9.17) is 11.6 Å². The molecule has 0 fully saturated rings. The number of hydrogen-bond donors (Lipinski definition) is 2. The Morgan fingerprint density at radius 1 is 0.941 bits per heavy atom. The molecule has 0 saturated carbocycles. The highest BCUT2D eigenvalue weighted by atomic mass is 35.5. The van der Waals surface area contributed by atoms with Crippen LogP contribution in [-0.4, -0.2) is 26.5 Å². The van der Waals surface area contributed by atoms with Crippen molar-refractivity contribution in [2.24, 2.45) is 0 Å². The second kappa shape index (κ2) is 9.15. The van der Waals surface area contributed by atoms with Gasteiger partial charge >= 0.3 is 0 Å². The van der Waals surface area contributed by atoms with E-state index in [0.29, 0.717) is 11.1 Å². The second-order valence-electron chi connectivity index (χ2n) is 8.17. The highest BCUT2D eigenvalue weighted by Gasteiger charge is 2.27. The Bertz CT molecular complexity index is 1340. The van der Waals surface area contributed by atoms with E-state index in [-0.39, 0.29) is 33.0 Å². The van der Waals surface area contributed by atoms with Gasteiger partial charge in [-0.2, -0.15) is 0 Å². The van der Waals surface area contributed by atoms with Gasteiger partial charge in [-0.25, -0.2) is 27.5 Å². The molecular weight excluding hydrogens is 472 g/mol. The van der Waals surface area contributed by atoms with Crippen LogP contribution in [0.25, 0.3) is 22.0 Å². The fourth-order valence-corrected chi connectivity index (χ4v) is 3.71. The number of pyridine rings is 1. The summed E-state index contributed by atoms with van der Waals surface area (Å²) in [6, 6.07) is 6.12. The van der Waals surface area contributed by atoms with Crippen LogP contribution in [0.5, 0.6) is 0 Å². The average Bonchev–Trinajstić information content (AvgIpc) is 2.78. The number of rotatable bonds is 6. The number of benzene rings is 2. The molecule has 4 aromatic rings. The van der Waals surface area contributed by atoms with Crippen LogP contribution in [0.15, 0.2) is 55.0 Å². The molecule has 34 heavy (non-hydrogen) atoms. The summed E-state index contributed by atoms with van der Waals surface area (Å²) in [5.41, 5.74) is -0.899. The number of fused-ring (bicyclic) bond motifs is 1. The van der Waals surface area contributed by atoms with Gasteiger partial charge in [0, 0.05) is 35.1 Å². The van der Waals surface area contributed by atoms with Crippen LogP contribution >= 0.6 is 11.6 Å². The zero-order valence-corrected chi connectivity index (χ0v) is 18.8. The summed E-state index contributed by atoms with van der Waals surface area (Å²) < 4.78 is 57.1. The molecule has 1 unspecified atom stereocenters. The number of anilines is 1. The topological polar surface area (TPSA) is 70.9 Å². The lowest BCUT2D eigenvalue weighted by Crippen LogP contribution is -2.20. The third-order valence-corrected chi connectivity index (χ3v) is 5.49. The molecule has 0 aliphatic heterocycles. The van der Waals surface area contributed by atoms with E-state index in [9.17, 15) is 22.7 Å². The first-order valence-electron chi connectivity index (χ1n) is 10.2. The Morgan fingerprint density at radius 2 is 1.62 bits per heavy atom. The van der Waals surface area contributed by atoms with Crippen molar-refractivity contribution in [2.45, 2.75) is 31.9 Å². The molecule has 2 heterocycles. The van der Waals surface area contributed by atoms with E-state index >= 15 is 0 Å². The summed E-state index contributed by atoms with van der Waals surface area (Å²) >= 11 is 6.26. The Kier molecular flexibility index (Phi) is 6.42. The smallest absolute Gasteiger partial charge is 0.262 e. The number of aliphatic hydroxyl groups is 1. The van der Waals surface area contributed by atoms with Crippen molar-refractivity contribution < 1.29 is 22.7 Å². The van der Waals surface area contributed by atoms with E-state index in [0.717, 1.165) is 12.3 Å². The molecule has 2 aromatic heterocycles. The van der Waals surface area contributed by atoms with Gasteiger partial charge in [0.2, 0.25) is 0 Å². The van der Waals surface area contributed by atoms with Crippen LogP contribution in [0.2, 0.25) is 5.02 Å². The standard InChI is InChI=1S/C24H19ClF4N4O/c1-24(2,34)23-31-9-13(10-32-23)12-7-15-19(16(25)11-30-20(15)18(27)8-12)33-21(22(28)29)14-5-3-4-6-17(14)26/h3-11,21-22,34H,1-2H3,(H,30,33). The maximum Gasteiger partial charge on any atom is 0.262 e. The summed E-state index contributed by atoms with van der Waals surface area (Å²) in [6.45, 7) is 3.05. The number of nitrogens with one attached hydrogen (secondary N) is 1. The van der Waals surface area contributed by atoms with Crippen LogP contribution in [0.1, 0.15) is 31.3 Å². The number of halogens is 5. The predicted molar refractivity (Wildman–Crippen MR) is 122 cm³/mol. The third kappa shape index (κ3) is 4.67. The van der Waals surface area contributed by atoms with Crippen LogP contribution < -0.4 is 5.32 Å². The van der Waals surface area contributed by atoms with Crippen LogP contribution in [-0.2, 0) is 5.60 Å². The van der Waals surface area contributed by atoms with Gasteiger partial charge in [0.25, 0.3) is 6.43 Å². The molecule has 0 aliphatic carbocycles. The molecule has 0 saturated heterocycles. The Labute approximate surface area is 197 Å². The fourth-order valence-electron chi connectivity index (χ4n) is 3.50. The molecule has 10 heteroatoms. The zero-order chi connectivity index (χ0) is 24.6. The van der Waals surface area contributed by atoms with Gasteiger partial charge in [0.15, 0.2) is 5.82 Å². The fraction of sp³-hybridized carbons (Fsp3) is 0.208.